The molecule has 2 rings (SSSR count). The molecular weight excluding hydrogens is 204 g/mol. The molecule has 0 bridgehead atoms. The van der Waals surface area contributed by atoms with Crippen LogP contribution in [-0.2, 0) is 13.0 Å². The van der Waals surface area contributed by atoms with Crippen LogP contribution in [0.5, 0.6) is 0 Å². The average Bonchev–Trinajstić information content (AvgIpc) is 2.77. The van der Waals surface area contributed by atoms with Gasteiger partial charge >= 0.3 is 0 Å². The van der Waals surface area contributed by atoms with E-state index >= 15 is 0 Å². The van der Waals surface area contributed by atoms with E-state index in [0.29, 0.717) is 6.42 Å². The van der Waals surface area contributed by atoms with Gasteiger partial charge in [0.2, 0.25) is 0 Å². The lowest BCUT2D eigenvalue weighted by molar-refractivity contribution is 0.110. The summed E-state index contributed by atoms with van der Waals surface area (Å²) in [5.41, 5.74) is 0. The second kappa shape index (κ2) is 5.41. The van der Waals surface area contributed by atoms with Gasteiger partial charge in [0.05, 0.1) is 6.10 Å². The molecule has 0 amide bonds. The van der Waals surface area contributed by atoms with Gasteiger partial charge in [-0.3, -0.25) is 4.68 Å². The van der Waals surface area contributed by atoms with E-state index in [1.165, 1.54) is 12.8 Å². The maximum Gasteiger partial charge on any atom is 0.138 e. The van der Waals surface area contributed by atoms with Crippen molar-refractivity contribution in [3.8, 4) is 0 Å². The van der Waals surface area contributed by atoms with Gasteiger partial charge in [-0.2, -0.15) is 5.10 Å². The Bertz CT molecular complexity index is 320. The third-order valence-electron chi connectivity index (χ3n) is 3.20. The van der Waals surface area contributed by atoms with E-state index in [9.17, 15) is 5.11 Å². The first-order chi connectivity index (χ1) is 7.81. The molecule has 0 spiro atoms. The van der Waals surface area contributed by atoms with Gasteiger partial charge in [-0.15, -0.1) is 0 Å². The zero-order valence-corrected chi connectivity index (χ0v) is 9.76. The highest BCUT2D eigenvalue weighted by Crippen LogP contribution is 2.13. The van der Waals surface area contributed by atoms with Gasteiger partial charge in [-0.25, -0.2) is 4.98 Å². The fraction of sp³-hybridized carbons (Fsp3) is 0.818. The summed E-state index contributed by atoms with van der Waals surface area (Å²) < 4.78 is 1.84. The number of piperidine rings is 1. The minimum absolute atomic E-state index is 0.218. The van der Waals surface area contributed by atoms with Crippen LogP contribution >= 0.6 is 0 Å². The molecule has 0 radical (unpaired) electrons. The van der Waals surface area contributed by atoms with Gasteiger partial charge in [-0.05, 0) is 26.3 Å². The minimum atomic E-state index is -0.352. The second-order valence-corrected chi connectivity index (χ2v) is 4.32. The van der Waals surface area contributed by atoms with E-state index in [4.69, 9.17) is 0 Å². The van der Waals surface area contributed by atoms with Crippen LogP contribution in [0.2, 0.25) is 0 Å². The van der Waals surface area contributed by atoms with Crippen LogP contribution in [0.4, 0.5) is 0 Å². The second-order valence-electron chi connectivity index (χ2n) is 4.32. The SMILES string of the molecule is CCn1ncnc1CC(O)C1CCCCN1. The predicted molar refractivity (Wildman–Crippen MR) is 61.0 cm³/mol. The van der Waals surface area contributed by atoms with Crippen molar-refractivity contribution in [2.24, 2.45) is 0 Å². The molecule has 2 N–H and O–H groups in total. The summed E-state index contributed by atoms with van der Waals surface area (Å²) in [5.74, 6) is 0.877. The third kappa shape index (κ3) is 2.59. The number of aliphatic hydroxyl groups excluding tert-OH is 1. The lowest BCUT2D eigenvalue weighted by Gasteiger charge is -2.27. The average molecular weight is 224 g/mol. The highest BCUT2D eigenvalue weighted by Gasteiger charge is 2.22. The number of hydrogen-bond donors (Lipinski definition) is 2. The molecule has 1 aliphatic rings. The zero-order chi connectivity index (χ0) is 11.4. The fourth-order valence-corrected chi connectivity index (χ4v) is 2.25. The summed E-state index contributed by atoms with van der Waals surface area (Å²) in [5, 5.41) is 17.6. The van der Waals surface area contributed by atoms with Crippen LogP contribution < -0.4 is 5.32 Å². The van der Waals surface area contributed by atoms with Gasteiger partial charge in [0.25, 0.3) is 0 Å². The summed E-state index contributed by atoms with van der Waals surface area (Å²) in [7, 11) is 0. The number of rotatable bonds is 4. The number of hydrogen-bond acceptors (Lipinski definition) is 4. The van der Waals surface area contributed by atoms with E-state index < -0.39 is 0 Å². The summed E-state index contributed by atoms with van der Waals surface area (Å²) in [4.78, 5) is 4.19. The van der Waals surface area contributed by atoms with Crippen LogP contribution in [-0.4, -0.2) is 38.6 Å². The van der Waals surface area contributed by atoms with Crippen LogP contribution in [0.15, 0.2) is 6.33 Å². The van der Waals surface area contributed by atoms with Crippen LogP contribution in [0, 0.1) is 0 Å². The Labute approximate surface area is 95.9 Å². The molecule has 1 aromatic heterocycles. The molecule has 0 aliphatic carbocycles. The molecular formula is C11H20N4O. The molecule has 1 aliphatic heterocycles. The molecule has 0 aromatic carbocycles. The molecule has 2 heterocycles. The van der Waals surface area contributed by atoms with Crippen LogP contribution in [0.25, 0.3) is 0 Å². The number of aromatic nitrogens is 3. The van der Waals surface area contributed by atoms with Crippen molar-refractivity contribution < 1.29 is 5.11 Å². The Morgan fingerprint density at radius 1 is 1.62 bits per heavy atom. The van der Waals surface area contributed by atoms with Gasteiger partial charge in [0.1, 0.15) is 12.2 Å². The van der Waals surface area contributed by atoms with Crippen molar-refractivity contribution in [3.63, 3.8) is 0 Å². The lowest BCUT2D eigenvalue weighted by Crippen LogP contribution is -2.44. The largest absolute Gasteiger partial charge is 0.391 e. The molecule has 2 unspecified atom stereocenters. The minimum Gasteiger partial charge on any atom is -0.391 e. The molecule has 1 saturated heterocycles. The molecule has 5 nitrogen and oxygen atoms in total. The van der Waals surface area contributed by atoms with Crippen molar-refractivity contribution in [1.82, 2.24) is 20.1 Å². The van der Waals surface area contributed by atoms with Gasteiger partial charge in [0.15, 0.2) is 0 Å². The van der Waals surface area contributed by atoms with Crippen molar-refractivity contribution in [1.29, 1.82) is 0 Å². The Morgan fingerprint density at radius 3 is 3.19 bits per heavy atom. The van der Waals surface area contributed by atoms with Gasteiger partial charge in [0, 0.05) is 19.0 Å². The van der Waals surface area contributed by atoms with E-state index in [1.54, 1.807) is 6.33 Å². The smallest absolute Gasteiger partial charge is 0.138 e. The number of aliphatic hydroxyl groups is 1. The molecule has 5 heteroatoms. The Hall–Kier alpha value is -0.940. The molecule has 90 valence electrons. The molecule has 16 heavy (non-hydrogen) atoms. The van der Waals surface area contributed by atoms with Crippen molar-refractivity contribution in [3.05, 3.63) is 12.2 Å². The predicted octanol–water partition coefficient (Wildman–Crippen LogP) is 0.343. The highest BCUT2D eigenvalue weighted by molar-refractivity contribution is 4.92. The number of nitrogens with one attached hydrogen (secondary N) is 1. The topological polar surface area (TPSA) is 63.0 Å². The molecule has 1 aromatic rings. The normalized spacial score (nSPS) is 23.2. The molecule has 2 atom stereocenters. The summed E-state index contributed by atoms with van der Waals surface area (Å²) in [6, 6.07) is 0.218. The quantitative estimate of drug-likeness (QED) is 0.774. The fourth-order valence-electron chi connectivity index (χ4n) is 2.25. The Balaban J connectivity index is 1.93. The highest BCUT2D eigenvalue weighted by atomic mass is 16.3. The summed E-state index contributed by atoms with van der Waals surface area (Å²) >= 11 is 0. The summed E-state index contributed by atoms with van der Waals surface area (Å²) in [6.45, 7) is 3.85. The van der Waals surface area contributed by atoms with E-state index in [1.807, 2.05) is 11.6 Å². The van der Waals surface area contributed by atoms with Crippen molar-refractivity contribution >= 4 is 0 Å². The zero-order valence-electron chi connectivity index (χ0n) is 9.76. The first kappa shape index (κ1) is 11.5. The molecule has 0 saturated carbocycles. The van der Waals surface area contributed by atoms with E-state index in [0.717, 1.165) is 25.3 Å². The van der Waals surface area contributed by atoms with Crippen LogP contribution in [0.3, 0.4) is 0 Å². The van der Waals surface area contributed by atoms with E-state index in [-0.39, 0.29) is 12.1 Å². The van der Waals surface area contributed by atoms with Crippen molar-refractivity contribution in [2.75, 3.05) is 6.54 Å². The Kier molecular flexibility index (Phi) is 3.90. The number of nitrogens with zero attached hydrogens (tertiary/aromatic N) is 3. The third-order valence-corrected chi connectivity index (χ3v) is 3.20. The monoisotopic (exact) mass is 224 g/mol. The lowest BCUT2D eigenvalue weighted by atomic mass is 9.98. The first-order valence-electron chi connectivity index (χ1n) is 6.09. The van der Waals surface area contributed by atoms with Gasteiger partial charge < -0.3 is 10.4 Å². The first-order valence-corrected chi connectivity index (χ1v) is 6.09. The maximum absolute atomic E-state index is 10.1. The standard InChI is InChI=1S/C11H20N4O/c1-2-15-11(13-8-14-15)7-10(16)9-5-3-4-6-12-9/h8-10,12,16H,2-7H2,1H3. The maximum atomic E-state index is 10.1. The summed E-state index contributed by atoms with van der Waals surface area (Å²) in [6.07, 6.45) is 5.27. The Morgan fingerprint density at radius 2 is 2.50 bits per heavy atom. The van der Waals surface area contributed by atoms with Crippen LogP contribution in [0.1, 0.15) is 32.0 Å². The molecule has 1 fully saturated rings. The van der Waals surface area contributed by atoms with Crippen molar-refractivity contribution in [2.45, 2.75) is 51.3 Å². The number of aryl methyl sites for hydroxylation is 1. The van der Waals surface area contributed by atoms with E-state index in [2.05, 4.69) is 15.4 Å². The van der Waals surface area contributed by atoms with Gasteiger partial charge in [-0.1, -0.05) is 6.42 Å².